The minimum atomic E-state index is -3.59. The Balaban J connectivity index is 1.69. The number of hydrogen-bond acceptors (Lipinski definition) is 3. The van der Waals surface area contributed by atoms with E-state index in [2.05, 4.69) is 17.4 Å². The highest BCUT2D eigenvalue weighted by atomic mass is 35.5. The van der Waals surface area contributed by atoms with Crippen LogP contribution in [0.15, 0.2) is 53.4 Å². The Labute approximate surface area is 171 Å². The topological polar surface area (TPSA) is 66.5 Å². The lowest BCUT2D eigenvalue weighted by Gasteiger charge is -2.18. The van der Waals surface area contributed by atoms with Gasteiger partial charge in [-0.3, -0.25) is 4.79 Å². The molecular formula is C21H25ClN2O3S. The molecule has 1 amide bonds. The highest BCUT2D eigenvalue weighted by molar-refractivity contribution is 7.89. The molecule has 1 aliphatic rings. The van der Waals surface area contributed by atoms with Crippen molar-refractivity contribution in [2.24, 2.45) is 0 Å². The van der Waals surface area contributed by atoms with Gasteiger partial charge < -0.3 is 5.32 Å². The molecule has 1 saturated heterocycles. The molecule has 1 heterocycles. The van der Waals surface area contributed by atoms with Crippen molar-refractivity contribution < 1.29 is 13.2 Å². The largest absolute Gasteiger partial charge is 0.350 e. The lowest BCUT2D eigenvalue weighted by molar-refractivity contribution is 0.0938. The van der Waals surface area contributed by atoms with Gasteiger partial charge in [-0.25, -0.2) is 8.42 Å². The Morgan fingerprint density at radius 1 is 1.14 bits per heavy atom. The molecule has 3 rings (SSSR count). The number of rotatable bonds is 7. The Hall–Kier alpha value is -1.89. The zero-order chi connectivity index (χ0) is 20.1. The molecule has 1 fully saturated rings. The van der Waals surface area contributed by atoms with E-state index in [1.54, 1.807) is 0 Å². The van der Waals surface area contributed by atoms with E-state index in [9.17, 15) is 13.2 Å². The van der Waals surface area contributed by atoms with Gasteiger partial charge >= 0.3 is 0 Å². The highest BCUT2D eigenvalue weighted by Gasteiger charge is 2.28. The molecular weight excluding hydrogens is 396 g/mol. The fraction of sp³-hybridized carbons (Fsp3) is 0.381. The second kappa shape index (κ2) is 9.07. The van der Waals surface area contributed by atoms with Crippen LogP contribution in [0.1, 0.15) is 42.1 Å². The molecule has 150 valence electrons. The van der Waals surface area contributed by atoms with E-state index in [0.29, 0.717) is 13.1 Å². The van der Waals surface area contributed by atoms with Crippen LogP contribution in [0.5, 0.6) is 0 Å². The average Bonchev–Trinajstić information content (AvgIpc) is 3.23. The smallest absolute Gasteiger partial charge is 0.253 e. The summed E-state index contributed by atoms with van der Waals surface area (Å²) in [5.41, 5.74) is 1.40. The van der Waals surface area contributed by atoms with Gasteiger partial charge in [-0.05, 0) is 56.4 Å². The Kier molecular flexibility index (Phi) is 6.75. The third-order valence-electron chi connectivity index (χ3n) is 4.97. The maximum atomic E-state index is 12.8. The molecule has 2 aromatic carbocycles. The van der Waals surface area contributed by atoms with Crippen molar-refractivity contribution >= 4 is 27.5 Å². The summed E-state index contributed by atoms with van der Waals surface area (Å²) < 4.78 is 27.0. The molecule has 2 aromatic rings. The van der Waals surface area contributed by atoms with Gasteiger partial charge in [0.1, 0.15) is 0 Å². The number of amides is 1. The van der Waals surface area contributed by atoms with Gasteiger partial charge in [0.05, 0.1) is 15.5 Å². The number of aryl methyl sites for hydroxylation is 1. The summed E-state index contributed by atoms with van der Waals surface area (Å²) in [6.45, 7) is 2.96. The van der Waals surface area contributed by atoms with E-state index in [1.165, 1.54) is 28.1 Å². The van der Waals surface area contributed by atoms with Crippen molar-refractivity contribution in [3.8, 4) is 0 Å². The van der Waals surface area contributed by atoms with Crippen LogP contribution in [0.3, 0.4) is 0 Å². The van der Waals surface area contributed by atoms with Crippen LogP contribution in [0.2, 0.25) is 5.02 Å². The van der Waals surface area contributed by atoms with Crippen LogP contribution in [-0.2, 0) is 16.4 Å². The molecule has 1 N–H and O–H groups in total. The summed E-state index contributed by atoms with van der Waals surface area (Å²) >= 11 is 6.19. The van der Waals surface area contributed by atoms with Crippen molar-refractivity contribution in [2.75, 3.05) is 13.1 Å². The quantitative estimate of drug-likeness (QED) is 0.739. The van der Waals surface area contributed by atoms with Crippen LogP contribution in [0.4, 0.5) is 0 Å². The molecule has 1 atom stereocenters. The Morgan fingerprint density at radius 3 is 2.50 bits per heavy atom. The molecule has 0 aliphatic carbocycles. The van der Waals surface area contributed by atoms with Crippen LogP contribution in [0.25, 0.3) is 0 Å². The number of carbonyl (C=O) groups is 1. The van der Waals surface area contributed by atoms with Crippen molar-refractivity contribution in [3.05, 3.63) is 64.7 Å². The molecule has 7 heteroatoms. The van der Waals surface area contributed by atoms with Gasteiger partial charge in [0.15, 0.2) is 0 Å². The van der Waals surface area contributed by atoms with Crippen molar-refractivity contribution in [3.63, 3.8) is 0 Å². The summed E-state index contributed by atoms with van der Waals surface area (Å²) in [7, 11) is -3.59. The van der Waals surface area contributed by atoms with E-state index < -0.39 is 10.0 Å². The van der Waals surface area contributed by atoms with Crippen LogP contribution < -0.4 is 5.32 Å². The third-order valence-corrected chi connectivity index (χ3v) is 7.20. The Morgan fingerprint density at radius 2 is 1.82 bits per heavy atom. The summed E-state index contributed by atoms with van der Waals surface area (Å²) in [5.74, 6) is -0.357. The van der Waals surface area contributed by atoms with Gasteiger partial charge in [0.25, 0.3) is 5.91 Å². The number of sulfonamides is 1. The van der Waals surface area contributed by atoms with E-state index in [0.717, 1.165) is 25.7 Å². The maximum Gasteiger partial charge on any atom is 0.253 e. The summed E-state index contributed by atoms with van der Waals surface area (Å²) in [6, 6.07) is 14.3. The standard InChI is InChI=1S/C21H25ClN2O3S/c1-16(9-10-17-7-3-2-4-8-17)23-21(25)19-15-18(11-12-20(19)22)28(26,27)24-13-5-6-14-24/h2-4,7-8,11-12,15-16H,5-6,9-10,13-14H2,1H3,(H,23,25). The number of hydrogen-bond donors (Lipinski definition) is 1. The lowest BCUT2D eigenvalue weighted by Crippen LogP contribution is -2.33. The zero-order valence-corrected chi connectivity index (χ0v) is 17.5. The Bertz CT molecular complexity index is 926. The second-order valence-electron chi connectivity index (χ2n) is 7.15. The van der Waals surface area contributed by atoms with Crippen molar-refractivity contribution in [2.45, 2.75) is 43.5 Å². The van der Waals surface area contributed by atoms with Crippen molar-refractivity contribution in [1.29, 1.82) is 0 Å². The van der Waals surface area contributed by atoms with Crippen LogP contribution in [0, 0.1) is 0 Å². The number of halogens is 1. The third kappa shape index (κ3) is 4.93. The molecule has 0 bridgehead atoms. The van der Waals surface area contributed by atoms with Gasteiger partial charge in [-0.2, -0.15) is 4.31 Å². The molecule has 0 spiro atoms. The number of nitrogens with one attached hydrogen (secondary N) is 1. The molecule has 0 aromatic heterocycles. The summed E-state index contributed by atoms with van der Waals surface area (Å²) in [6.07, 6.45) is 3.34. The second-order valence-corrected chi connectivity index (χ2v) is 9.50. The van der Waals surface area contributed by atoms with Crippen LogP contribution >= 0.6 is 11.6 Å². The van der Waals surface area contributed by atoms with Gasteiger partial charge in [0, 0.05) is 19.1 Å². The minimum absolute atomic E-state index is 0.0670. The number of benzene rings is 2. The zero-order valence-electron chi connectivity index (χ0n) is 15.9. The van der Waals surface area contributed by atoms with Crippen LogP contribution in [-0.4, -0.2) is 37.8 Å². The monoisotopic (exact) mass is 420 g/mol. The predicted octanol–water partition coefficient (Wildman–Crippen LogP) is 3.88. The van der Waals surface area contributed by atoms with Crippen molar-refractivity contribution in [1.82, 2.24) is 9.62 Å². The highest BCUT2D eigenvalue weighted by Crippen LogP contribution is 2.25. The van der Waals surface area contributed by atoms with Gasteiger partial charge in [0.2, 0.25) is 10.0 Å². The van der Waals surface area contributed by atoms with E-state index in [4.69, 9.17) is 11.6 Å². The maximum absolute atomic E-state index is 12.8. The summed E-state index contributed by atoms with van der Waals surface area (Å²) in [5, 5.41) is 3.17. The summed E-state index contributed by atoms with van der Waals surface area (Å²) in [4.78, 5) is 12.8. The molecule has 5 nitrogen and oxygen atoms in total. The van der Waals surface area contributed by atoms with E-state index in [1.807, 2.05) is 25.1 Å². The first-order valence-electron chi connectivity index (χ1n) is 9.52. The molecule has 1 unspecified atom stereocenters. The number of nitrogens with zero attached hydrogens (tertiary/aromatic N) is 1. The first-order valence-corrected chi connectivity index (χ1v) is 11.3. The van der Waals surface area contributed by atoms with Gasteiger partial charge in [-0.15, -0.1) is 0 Å². The van der Waals surface area contributed by atoms with E-state index >= 15 is 0 Å². The first kappa shape index (κ1) is 20.8. The fourth-order valence-corrected chi connectivity index (χ4v) is 5.07. The molecule has 28 heavy (non-hydrogen) atoms. The predicted molar refractivity (Wildman–Crippen MR) is 111 cm³/mol. The van der Waals surface area contributed by atoms with E-state index in [-0.39, 0.29) is 27.4 Å². The minimum Gasteiger partial charge on any atom is -0.350 e. The number of carbonyl (C=O) groups excluding carboxylic acids is 1. The van der Waals surface area contributed by atoms with Gasteiger partial charge in [-0.1, -0.05) is 41.9 Å². The molecule has 1 aliphatic heterocycles. The fourth-order valence-electron chi connectivity index (χ4n) is 3.32. The SMILES string of the molecule is CC(CCc1ccccc1)NC(=O)c1cc(S(=O)(=O)N2CCCC2)ccc1Cl. The molecule has 0 saturated carbocycles. The first-order chi connectivity index (χ1) is 13.4. The normalized spacial score (nSPS) is 16.1. The molecule has 0 radical (unpaired) electrons. The lowest BCUT2D eigenvalue weighted by atomic mass is 10.1. The average molecular weight is 421 g/mol.